The van der Waals surface area contributed by atoms with E-state index >= 15 is 0 Å². The minimum Gasteiger partial charge on any atom is -0.383 e. The molecule has 176 valence electrons. The van der Waals surface area contributed by atoms with E-state index in [-0.39, 0.29) is 17.5 Å². The summed E-state index contributed by atoms with van der Waals surface area (Å²) in [6.07, 6.45) is 7.37. The lowest BCUT2D eigenvalue weighted by molar-refractivity contribution is 0.261. The quantitative estimate of drug-likeness (QED) is 0.323. The third-order valence-electron chi connectivity index (χ3n) is 6.28. The second-order valence-corrected chi connectivity index (χ2v) is 8.54. The van der Waals surface area contributed by atoms with Gasteiger partial charge in [0.05, 0.1) is 16.8 Å². The Hall–Kier alpha value is -3.95. The average molecular weight is 464 g/mol. The van der Waals surface area contributed by atoms with Crippen LogP contribution in [0.15, 0.2) is 41.3 Å². The minimum atomic E-state index is -0.623. The first-order valence-corrected chi connectivity index (χ1v) is 11.4. The summed E-state index contributed by atoms with van der Waals surface area (Å²) in [6.45, 7) is 4.14. The Labute approximate surface area is 195 Å². The molecule has 0 atom stereocenters. The van der Waals surface area contributed by atoms with Crippen LogP contribution in [0.5, 0.6) is 0 Å². The molecule has 9 nitrogen and oxygen atoms in total. The number of nitrogen functional groups attached to an aromatic ring is 1. The fraction of sp³-hybridized carbons (Fsp3) is 0.333. The van der Waals surface area contributed by atoms with Gasteiger partial charge in [0.1, 0.15) is 23.6 Å². The van der Waals surface area contributed by atoms with Gasteiger partial charge >= 0.3 is 6.03 Å². The van der Waals surface area contributed by atoms with E-state index in [4.69, 9.17) is 10.3 Å². The van der Waals surface area contributed by atoms with Crippen molar-refractivity contribution in [3.05, 3.63) is 48.3 Å². The number of nitrogens with zero attached hydrogens (tertiary/aromatic N) is 4. The molecule has 4 aromatic rings. The van der Waals surface area contributed by atoms with Gasteiger partial charge in [-0.15, -0.1) is 0 Å². The van der Waals surface area contributed by atoms with E-state index in [0.717, 1.165) is 42.6 Å². The highest BCUT2D eigenvalue weighted by molar-refractivity contribution is 6.02. The number of urea groups is 1. The molecule has 1 aromatic carbocycles. The third kappa shape index (κ3) is 4.07. The monoisotopic (exact) mass is 463 g/mol. The van der Waals surface area contributed by atoms with E-state index in [0.29, 0.717) is 22.8 Å². The molecule has 4 N–H and O–H groups in total. The van der Waals surface area contributed by atoms with Gasteiger partial charge in [-0.2, -0.15) is 0 Å². The molecule has 3 aromatic heterocycles. The van der Waals surface area contributed by atoms with Crippen molar-refractivity contribution in [3.8, 4) is 11.1 Å². The fourth-order valence-electron chi connectivity index (χ4n) is 4.25. The number of fused-ring (bicyclic) bond motifs is 1. The number of rotatable bonds is 7. The summed E-state index contributed by atoms with van der Waals surface area (Å²) in [7, 11) is 0. The molecule has 5 rings (SSSR count). The maximum atomic E-state index is 15.0. The Morgan fingerprint density at radius 1 is 1.24 bits per heavy atom. The first kappa shape index (κ1) is 21.9. The second-order valence-electron chi connectivity index (χ2n) is 8.54. The van der Waals surface area contributed by atoms with Gasteiger partial charge in [0.15, 0.2) is 0 Å². The smallest absolute Gasteiger partial charge is 0.326 e. The summed E-state index contributed by atoms with van der Waals surface area (Å²) >= 11 is 0. The van der Waals surface area contributed by atoms with Crippen LogP contribution in [0.25, 0.3) is 22.2 Å². The first-order valence-electron chi connectivity index (χ1n) is 11.4. The molecule has 0 spiro atoms. The summed E-state index contributed by atoms with van der Waals surface area (Å²) in [4.78, 5) is 20.9. The van der Waals surface area contributed by atoms with Crippen LogP contribution < -0.4 is 16.4 Å². The van der Waals surface area contributed by atoms with Crippen LogP contribution in [-0.2, 0) is 0 Å². The predicted molar refractivity (Wildman–Crippen MR) is 128 cm³/mol. The Balaban J connectivity index is 1.35. The molecule has 10 heteroatoms. The third-order valence-corrected chi connectivity index (χ3v) is 6.28. The number of benzene rings is 1. The van der Waals surface area contributed by atoms with Crippen molar-refractivity contribution in [2.75, 3.05) is 16.4 Å². The molecule has 2 amide bonds. The van der Waals surface area contributed by atoms with E-state index in [9.17, 15) is 9.18 Å². The summed E-state index contributed by atoms with van der Waals surface area (Å²) < 4.78 is 22.2. The van der Waals surface area contributed by atoms with Crippen molar-refractivity contribution in [1.82, 2.24) is 19.7 Å². The molecule has 0 radical (unpaired) electrons. The molecule has 0 saturated heterocycles. The zero-order chi connectivity index (χ0) is 23.8. The lowest BCUT2D eigenvalue weighted by Crippen LogP contribution is -2.19. The number of amides is 2. The number of aromatic nitrogens is 4. The van der Waals surface area contributed by atoms with E-state index in [1.807, 2.05) is 6.20 Å². The number of nitrogens with two attached hydrogens (primary N) is 1. The topological polar surface area (TPSA) is 124 Å². The molecule has 34 heavy (non-hydrogen) atoms. The molecule has 3 heterocycles. The molecular weight excluding hydrogens is 437 g/mol. The van der Waals surface area contributed by atoms with Crippen molar-refractivity contribution in [2.24, 2.45) is 0 Å². The normalized spacial score (nSPS) is 13.5. The Morgan fingerprint density at radius 2 is 2.03 bits per heavy atom. The highest BCUT2D eigenvalue weighted by Crippen LogP contribution is 2.42. The van der Waals surface area contributed by atoms with Crippen molar-refractivity contribution in [1.29, 1.82) is 0 Å². The van der Waals surface area contributed by atoms with Gasteiger partial charge in [-0.3, -0.25) is 5.32 Å². The van der Waals surface area contributed by atoms with E-state index < -0.39 is 11.8 Å². The highest BCUT2D eigenvalue weighted by Gasteiger charge is 2.28. The van der Waals surface area contributed by atoms with Gasteiger partial charge in [-0.05, 0) is 43.4 Å². The van der Waals surface area contributed by atoms with Gasteiger partial charge in [-0.1, -0.05) is 25.1 Å². The molecule has 0 aliphatic heterocycles. The number of carbonyl (C=O) groups excluding carboxylic acids is 1. The van der Waals surface area contributed by atoms with Gasteiger partial charge in [0, 0.05) is 29.8 Å². The average Bonchev–Trinajstić information content (AvgIpc) is 3.44. The minimum absolute atomic E-state index is 0.0381. The Morgan fingerprint density at radius 3 is 2.74 bits per heavy atom. The maximum absolute atomic E-state index is 15.0. The molecular formula is C24H26FN7O2. The van der Waals surface area contributed by atoms with Gasteiger partial charge in [-0.25, -0.2) is 19.2 Å². The largest absolute Gasteiger partial charge is 0.383 e. The molecule has 1 fully saturated rings. The lowest BCUT2D eigenvalue weighted by atomic mass is 10.00. The van der Waals surface area contributed by atoms with Gasteiger partial charge in [0.25, 0.3) is 0 Å². The van der Waals surface area contributed by atoms with Gasteiger partial charge < -0.3 is 20.1 Å². The van der Waals surface area contributed by atoms with Crippen LogP contribution >= 0.6 is 0 Å². The van der Waals surface area contributed by atoms with Crippen LogP contribution in [0.2, 0.25) is 0 Å². The number of nitrogens with one attached hydrogen (secondary N) is 2. The summed E-state index contributed by atoms with van der Waals surface area (Å²) in [6, 6.07) is 6.06. The van der Waals surface area contributed by atoms with Crippen molar-refractivity contribution < 1.29 is 13.7 Å². The predicted octanol–water partition coefficient (Wildman–Crippen LogP) is 5.69. The molecule has 0 unspecified atom stereocenters. The van der Waals surface area contributed by atoms with Crippen molar-refractivity contribution in [3.63, 3.8) is 0 Å². The number of hydrogen-bond acceptors (Lipinski definition) is 6. The maximum Gasteiger partial charge on any atom is 0.326 e. The Kier molecular flexibility index (Phi) is 5.64. The summed E-state index contributed by atoms with van der Waals surface area (Å²) in [5, 5.41) is 9.80. The lowest BCUT2D eigenvalue weighted by Gasteiger charge is -2.08. The van der Waals surface area contributed by atoms with Crippen molar-refractivity contribution in [2.45, 2.75) is 51.5 Å². The number of halogens is 1. The number of anilines is 3. The summed E-state index contributed by atoms with van der Waals surface area (Å²) in [5.74, 6) is 0.240. The summed E-state index contributed by atoms with van der Waals surface area (Å²) in [5.41, 5.74) is 9.08. The highest BCUT2D eigenvalue weighted by atomic mass is 19.1. The van der Waals surface area contributed by atoms with E-state index in [1.54, 1.807) is 12.1 Å². The number of carbonyl (C=O) groups is 1. The van der Waals surface area contributed by atoms with Gasteiger partial charge in [0.2, 0.25) is 5.88 Å². The molecule has 1 saturated carbocycles. The van der Waals surface area contributed by atoms with E-state index in [2.05, 4.69) is 44.2 Å². The van der Waals surface area contributed by atoms with Crippen molar-refractivity contribution >= 4 is 34.5 Å². The molecule has 0 bridgehead atoms. The Bertz CT molecular complexity index is 1350. The van der Waals surface area contributed by atoms with Crippen LogP contribution in [-0.4, -0.2) is 25.7 Å². The fourth-order valence-corrected chi connectivity index (χ4v) is 4.25. The van der Waals surface area contributed by atoms with Crippen LogP contribution in [0.4, 0.5) is 26.6 Å². The first-order chi connectivity index (χ1) is 16.5. The zero-order valence-electron chi connectivity index (χ0n) is 19.0. The van der Waals surface area contributed by atoms with E-state index in [1.165, 1.54) is 18.5 Å². The SMILES string of the molecule is CCC(CC)c1cc(NC(=O)Nc2ccc(-c3cn(C4CC4)c4ncnc(N)c34)cc2F)on1. The van der Waals surface area contributed by atoms with Crippen LogP contribution in [0.3, 0.4) is 0 Å². The van der Waals surface area contributed by atoms with Crippen LogP contribution in [0.1, 0.15) is 57.2 Å². The second kappa shape index (κ2) is 8.77. The number of hydrogen-bond donors (Lipinski definition) is 3. The molecule has 1 aliphatic rings. The van der Waals surface area contributed by atoms with Crippen LogP contribution in [0, 0.1) is 5.82 Å². The molecule has 1 aliphatic carbocycles. The zero-order valence-corrected chi connectivity index (χ0v) is 19.0. The standard InChI is InChI=1S/C24H26FN7O2/c1-3-13(4-2)19-10-20(34-31-19)30-24(33)29-18-8-5-14(9-17(18)25)16-11-32(15-6-7-15)23-21(16)22(26)27-12-28-23/h5,8-13,15H,3-4,6-7H2,1-2H3,(H2,26,27,28)(H2,29,30,33).